The van der Waals surface area contributed by atoms with Crippen molar-refractivity contribution in [1.82, 2.24) is 0 Å². The van der Waals surface area contributed by atoms with Crippen LogP contribution in [-0.4, -0.2) is 14.4 Å². The van der Waals surface area contributed by atoms with E-state index in [1.807, 2.05) is 0 Å². The van der Waals surface area contributed by atoms with E-state index in [1.54, 1.807) is 5.56 Å². The Morgan fingerprint density at radius 3 is 2.48 bits per heavy atom. The maximum absolute atomic E-state index is 7.11. The van der Waals surface area contributed by atoms with E-state index in [2.05, 4.69) is 84.1 Å². The van der Waals surface area contributed by atoms with Gasteiger partial charge >= 0.3 is 0 Å². The smallest absolute Gasteiger partial charge is 0.192 e. The van der Waals surface area contributed by atoms with Gasteiger partial charge in [0, 0.05) is 10.8 Å². The summed E-state index contributed by atoms with van der Waals surface area (Å²) in [7, 11) is -1.78. The fraction of sp³-hybridized carbons (Fsp3) is 0.652. The fourth-order valence-corrected chi connectivity index (χ4v) is 6.90. The standard InChI is InChI=1S/C23H34OSi/c1-20(2,3)25(6,7)24-19-13-14-21(4,5)22-15-12-17-10-8-9-11-18(17)23(19,22)16-22/h8-12,15,19H,13-14,16H2,1-7H3/t19-,22+,23+/m1/s1. The van der Waals surface area contributed by atoms with Gasteiger partial charge in [-0.05, 0) is 53.9 Å². The van der Waals surface area contributed by atoms with E-state index >= 15 is 0 Å². The third kappa shape index (κ3) is 2.10. The van der Waals surface area contributed by atoms with Gasteiger partial charge in [0.1, 0.15) is 0 Å². The molecule has 0 heterocycles. The number of hydrogen-bond donors (Lipinski definition) is 0. The molecule has 4 rings (SSSR count). The molecule has 1 nitrogen and oxygen atoms in total. The predicted octanol–water partition coefficient (Wildman–Crippen LogP) is 6.55. The van der Waals surface area contributed by atoms with Gasteiger partial charge in [-0.1, -0.05) is 71.0 Å². The molecule has 136 valence electrons. The molecule has 1 aromatic rings. The lowest BCUT2D eigenvalue weighted by Gasteiger charge is -2.51. The maximum atomic E-state index is 7.11. The summed E-state index contributed by atoms with van der Waals surface area (Å²) in [5.41, 5.74) is 3.81. The molecule has 0 saturated heterocycles. The Hall–Kier alpha value is -0.863. The van der Waals surface area contributed by atoms with Crippen molar-refractivity contribution in [2.75, 3.05) is 0 Å². The number of hydrogen-bond acceptors (Lipinski definition) is 1. The summed E-state index contributed by atoms with van der Waals surface area (Å²) in [5.74, 6) is 0. The molecular formula is C23H34OSi. The van der Waals surface area contributed by atoms with Crippen molar-refractivity contribution >= 4 is 14.4 Å². The molecule has 3 atom stereocenters. The number of allylic oxidation sites excluding steroid dienone is 1. The number of fused-ring (bicyclic) bond motifs is 1. The second-order valence-electron chi connectivity index (χ2n) is 10.8. The summed E-state index contributed by atoms with van der Waals surface area (Å²) >= 11 is 0. The summed E-state index contributed by atoms with van der Waals surface area (Å²) in [4.78, 5) is 0. The first-order valence-electron chi connectivity index (χ1n) is 9.94. The molecule has 2 saturated carbocycles. The highest BCUT2D eigenvalue weighted by molar-refractivity contribution is 6.74. The van der Waals surface area contributed by atoms with E-state index in [-0.39, 0.29) is 10.5 Å². The van der Waals surface area contributed by atoms with Gasteiger partial charge < -0.3 is 4.43 Å². The van der Waals surface area contributed by atoms with Gasteiger partial charge in [0.05, 0.1) is 6.10 Å². The zero-order chi connectivity index (χ0) is 18.3. The van der Waals surface area contributed by atoms with Crippen molar-refractivity contribution in [1.29, 1.82) is 0 Å². The molecule has 3 aliphatic rings. The minimum Gasteiger partial charge on any atom is -0.413 e. The zero-order valence-corrected chi connectivity index (χ0v) is 18.1. The monoisotopic (exact) mass is 354 g/mol. The molecule has 0 unspecified atom stereocenters. The zero-order valence-electron chi connectivity index (χ0n) is 17.1. The SMILES string of the molecule is CC1(C)CC[C@@H](O[Si](C)(C)C(C)(C)C)[C@@]23C[C@@]12C=Cc1ccccc13. The Bertz CT molecular complexity index is 739. The van der Waals surface area contributed by atoms with E-state index in [4.69, 9.17) is 4.43 Å². The highest BCUT2D eigenvalue weighted by atomic mass is 28.4. The van der Waals surface area contributed by atoms with Crippen LogP contribution < -0.4 is 0 Å². The van der Waals surface area contributed by atoms with Crippen LogP contribution in [0.15, 0.2) is 30.3 Å². The molecule has 0 N–H and O–H groups in total. The quantitative estimate of drug-likeness (QED) is 0.547. The van der Waals surface area contributed by atoms with Gasteiger partial charge in [-0.15, -0.1) is 0 Å². The lowest BCUT2D eigenvalue weighted by molar-refractivity contribution is 0.0292. The minimum atomic E-state index is -1.78. The highest BCUT2D eigenvalue weighted by Crippen LogP contribution is 2.80. The lowest BCUT2D eigenvalue weighted by Crippen LogP contribution is -2.52. The first-order chi connectivity index (χ1) is 11.5. The van der Waals surface area contributed by atoms with Crippen LogP contribution in [0.2, 0.25) is 18.1 Å². The van der Waals surface area contributed by atoms with Crippen LogP contribution in [0.3, 0.4) is 0 Å². The first-order valence-corrected chi connectivity index (χ1v) is 12.8. The van der Waals surface area contributed by atoms with Crippen molar-refractivity contribution in [3.05, 3.63) is 41.5 Å². The van der Waals surface area contributed by atoms with Crippen molar-refractivity contribution in [3.63, 3.8) is 0 Å². The molecule has 0 aromatic heterocycles. The van der Waals surface area contributed by atoms with E-state index in [0.717, 1.165) is 0 Å². The van der Waals surface area contributed by atoms with Crippen LogP contribution in [0.5, 0.6) is 0 Å². The molecule has 1 aromatic carbocycles. The fourth-order valence-electron chi connectivity index (χ4n) is 5.52. The highest BCUT2D eigenvalue weighted by Gasteiger charge is 2.78. The maximum Gasteiger partial charge on any atom is 0.192 e. The van der Waals surface area contributed by atoms with Gasteiger partial charge in [0.25, 0.3) is 0 Å². The van der Waals surface area contributed by atoms with Gasteiger partial charge in [-0.3, -0.25) is 0 Å². The Labute approximate surface area is 155 Å². The molecule has 0 spiro atoms. The van der Waals surface area contributed by atoms with Crippen LogP contribution in [0.1, 0.15) is 65.0 Å². The van der Waals surface area contributed by atoms with E-state index in [0.29, 0.717) is 16.9 Å². The van der Waals surface area contributed by atoms with E-state index < -0.39 is 8.32 Å². The molecule has 25 heavy (non-hydrogen) atoms. The molecule has 0 bridgehead atoms. The number of rotatable bonds is 2. The van der Waals surface area contributed by atoms with Gasteiger partial charge in [0.2, 0.25) is 0 Å². The summed E-state index contributed by atoms with van der Waals surface area (Å²) in [6, 6.07) is 9.06. The number of benzene rings is 1. The largest absolute Gasteiger partial charge is 0.413 e. The Kier molecular flexibility index (Phi) is 3.43. The van der Waals surface area contributed by atoms with Crippen LogP contribution in [0, 0.1) is 10.8 Å². The lowest BCUT2D eigenvalue weighted by atomic mass is 9.58. The second-order valence-corrected chi connectivity index (χ2v) is 15.6. The van der Waals surface area contributed by atoms with Crippen molar-refractivity contribution in [2.45, 2.75) is 83.5 Å². The van der Waals surface area contributed by atoms with Crippen molar-refractivity contribution in [3.8, 4) is 0 Å². The summed E-state index contributed by atoms with van der Waals surface area (Å²) in [5, 5.41) is 0.262. The molecule has 3 aliphatic carbocycles. The Morgan fingerprint density at radius 2 is 1.80 bits per heavy atom. The van der Waals surface area contributed by atoms with Gasteiger partial charge in [-0.2, -0.15) is 0 Å². The average molecular weight is 355 g/mol. The molecular weight excluding hydrogens is 320 g/mol. The molecule has 2 fully saturated rings. The van der Waals surface area contributed by atoms with Crippen LogP contribution in [-0.2, 0) is 9.84 Å². The van der Waals surface area contributed by atoms with Gasteiger partial charge in [-0.25, -0.2) is 0 Å². The topological polar surface area (TPSA) is 9.23 Å². The first kappa shape index (κ1) is 17.5. The third-order valence-corrected chi connectivity index (χ3v) is 12.7. The van der Waals surface area contributed by atoms with Crippen LogP contribution in [0.25, 0.3) is 6.08 Å². The minimum absolute atomic E-state index is 0.204. The van der Waals surface area contributed by atoms with Crippen molar-refractivity contribution < 1.29 is 4.43 Å². The average Bonchev–Trinajstić information content (AvgIpc) is 3.23. The Balaban J connectivity index is 1.81. The summed E-state index contributed by atoms with van der Waals surface area (Å²) in [6.45, 7) is 16.9. The van der Waals surface area contributed by atoms with E-state index in [1.165, 1.54) is 24.8 Å². The summed E-state index contributed by atoms with van der Waals surface area (Å²) < 4.78 is 7.11. The van der Waals surface area contributed by atoms with E-state index in [9.17, 15) is 0 Å². The molecule has 0 amide bonds. The van der Waals surface area contributed by atoms with Gasteiger partial charge in [0.15, 0.2) is 8.32 Å². The second kappa shape index (κ2) is 4.89. The normalized spacial score (nSPS) is 35.6. The van der Waals surface area contributed by atoms with Crippen LogP contribution in [0.4, 0.5) is 0 Å². The predicted molar refractivity (Wildman–Crippen MR) is 109 cm³/mol. The third-order valence-electron chi connectivity index (χ3n) is 8.25. The summed E-state index contributed by atoms with van der Waals surface area (Å²) in [6.07, 6.45) is 9.03. The Morgan fingerprint density at radius 1 is 1.12 bits per heavy atom. The molecule has 0 aliphatic heterocycles. The molecule has 2 heteroatoms. The molecule has 0 radical (unpaired) electrons. The van der Waals surface area contributed by atoms with Crippen LogP contribution >= 0.6 is 0 Å². The van der Waals surface area contributed by atoms with Crippen molar-refractivity contribution in [2.24, 2.45) is 10.8 Å².